The van der Waals surface area contributed by atoms with Crippen LogP contribution in [0.1, 0.15) is 15.9 Å². The highest BCUT2D eigenvalue weighted by molar-refractivity contribution is 14.1. The predicted octanol–water partition coefficient (Wildman–Crippen LogP) is 3.10. The molecule has 2 aromatic rings. The first-order valence-corrected chi connectivity index (χ1v) is 8.48. The fourth-order valence-corrected chi connectivity index (χ4v) is 3.22. The number of carbonyl (C=O) groups is 1. The molecule has 0 aromatic heterocycles. The van der Waals surface area contributed by atoms with E-state index in [1.54, 1.807) is 19.1 Å². The summed E-state index contributed by atoms with van der Waals surface area (Å²) in [4.78, 5) is 11.0. The van der Waals surface area contributed by atoms with Gasteiger partial charge in [-0.2, -0.15) is 0 Å². The maximum absolute atomic E-state index is 12.3. The molecule has 0 saturated carbocycles. The molecule has 110 valence electrons. The van der Waals surface area contributed by atoms with Crippen LogP contribution in [0.4, 0.5) is 5.69 Å². The van der Waals surface area contributed by atoms with Crippen LogP contribution in [-0.2, 0) is 10.0 Å². The number of anilines is 1. The molecule has 0 heterocycles. The summed E-state index contributed by atoms with van der Waals surface area (Å²) in [7, 11) is -3.69. The molecule has 2 aromatic carbocycles. The van der Waals surface area contributed by atoms with Crippen molar-refractivity contribution >= 4 is 44.3 Å². The number of sulfonamides is 1. The second-order valence-corrected chi connectivity index (χ2v) is 7.32. The van der Waals surface area contributed by atoms with Crippen LogP contribution in [0.2, 0.25) is 0 Å². The molecule has 5 nitrogen and oxygen atoms in total. The smallest absolute Gasteiger partial charge is 0.335 e. The summed E-state index contributed by atoms with van der Waals surface area (Å²) in [5, 5.41) is 8.90. The number of benzene rings is 2. The average molecular weight is 417 g/mol. The van der Waals surface area contributed by atoms with Crippen LogP contribution in [-0.4, -0.2) is 19.5 Å². The lowest BCUT2D eigenvalue weighted by atomic mass is 10.1. The Kier molecular flexibility index (Phi) is 4.52. The Morgan fingerprint density at radius 2 is 1.76 bits per heavy atom. The van der Waals surface area contributed by atoms with Gasteiger partial charge in [-0.05, 0) is 77.5 Å². The molecule has 0 radical (unpaired) electrons. The van der Waals surface area contributed by atoms with Crippen LogP contribution >= 0.6 is 22.6 Å². The summed E-state index contributed by atoms with van der Waals surface area (Å²) in [5.74, 6) is -1.05. The lowest BCUT2D eigenvalue weighted by Crippen LogP contribution is -2.14. The lowest BCUT2D eigenvalue weighted by molar-refractivity contribution is 0.0697. The summed E-state index contributed by atoms with van der Waals surface area (Å²) < 4.78 is 27.9. The summed E-state index contributed by atoms with van der Waals surface area (Å²) in [6.07, 6.45) is 0. The van der Waals surface area contributed by atoms with E-state index in [9.17, 15) is 13.2 Å². The zero-order valence-electron chi connectivity index (χ0n) is 11.0. The highest BCUT2D eigenvalue weighted by atomic mass is 127. The molecule has 0 atom stereocenters. The Balaban J connectivity index is 2.32. The van der Waals surface area contributed by atoms with E-state index in [4.69, 9.17) is 5.11 Å². The molecule has 0 aliphatic heterocycles. The van der Waals surface area contributed by atoms with Crippen molar-refractivity contribution in [3.8, 4) is 0 Å². The topological polar surface area (TPSA) is 83.5 Å². The minimum Gasteiger partial charge on any atom is -0.478 e. The molecule has 21 heavy (non-hydrogen) atoms. The van der Waals surface area contributed by atoms with Gasteiger partial charge in [0.2, 0.25) is 0 Å². The number of aromatic carboxylic acids is 1. The molecule has 0 aliphatic rings. The molecule has 0 amide bonds. The maximum Gasteiger partial charge on any atom is 0.335 e. The quantitative estimate of drug-likeness (QED) is 0.750. The van der Waals surface area contributed by atoms with Crippen molar-refractivity contribution in [2.75, 3.05) is 4.72 Å². The van der Waals surface area contributed by atoms with E-state index < -0.39 is 16.0 Å². The van der Waals surface area contributed by atoms with Crippen LogP contribution in [0.15, 0.2) is 47.4 Å². The van der Waals surface area contributed by atoms with Gasteiger partial charge in [-0.1, -0.05) is 0 Å². The minimum atomic E-state index is -3.69. The fraction of sp³-hybridized carbons (Fsp3) is 0.0714. The zero-order valence-corrected chi connectivity index (χ0v) is 14.0. The Bertz CT molecular complexity index is 785. The summed E-state index contributed by atoms with van der Waals surface area (Å²) in [6.45, 7) is 1.65. The van der Waals surface area contributed by atoms with Gasteiger partial charge in [-0.25, -0.2) is 13.2 Å². The van der Waals surface area contributed by atoms with E-state index in [0.717, 1.165) is 3.57 Å². The van der Waals surface area contributed by atoms with Gasteiger partial charge in [0, 0.05) is 3.57 Å². The van der Waals surface area contributed by atoms with Gasteiger partial charge in [-0.15, -0.1) is 0 Å². The first-order valence-electron chi connectivity index (χ1n) is 5.92. The molecule has 0 aliphatic carbocycles. The van der Waals surface area contributed by atoms with Gasteiger partial charge in [0.1, 0.15) is 0 Å². The van der Waals surface area contributed by atoms with Gasteiger partial charge in [0.15, 0.2) is 0 Å². The number of hydrogen-bond donors (Lipinski definition) is 2. The minimum absolute atomic E-state index is 0.115. The van der Waals surface area contributed by atoms with E-state index in [0.29, 0.717) is 11.3 Å². The van der Waals surface area contributed by atoms with Gasteiger partial charge in [-0.3, -0.25) is 4.72 Å². The average Bonchev–Trinajstić information content (AvgIpc) is 2.41. The number of nitrogens with one attached hydrogen (secondary N) is 1. The standard InChI is InChI=1S/C14H12INO4S/c1-9-8-10(14(17)18)2-7-13(9)16-21(19,20)12-5-3-11(15)4-6-12/h2-8,16H,1H3,(H,17,18). The first-order chi connectivity index (χ1) is 9.79. The number of rotatable bonds is 4. The highest BCUT2D eigenvalue weighted by Gasteiger charge is 2.15. The second kappa shape index (κ2) is 6.02. The van der Waals surface area contributed by atoms with Crippen LogP contribution < -0.4 is 4.72 Å². The Hall–Kier alpha value is -1.61. The van der Waals surface area contributed by atoms with Crippen LogP contribution in [0.3, 0.4) is 0 Å². The van der Waals surface area contributed by atoms with Crippen molar-refractivity contribution in [2.24, 2.45) is 0 Å². The van der Waals surface area contributed by atoms with Gasteiger partial charge >= 0.3 is 5.97 Å². The van der Waals surface area contributed by atoms with Crippen molar-refractivity contribution in [3.63, 3.8) is 0 Å². The van der Waals surface area contributed by atoms with E-state index in [1.165, 1.54) is 30.3 Å². The van der Waals surface area contributed by atoms with Gasteiger partial charge < -0.3 is 5.11 Å². The fourth-order valence-electron chi connectivity index (χ4n) is 1.73. The van der Waals surface area contributed by atoms with Crippen molar-refractivity contribution in [1.82, 2.24) is 0 Å². The SMILES string of the molecule is Cc1cc(C(=O)O)ccc1NS(=O)(=O)c1ccc(I)cc1. The lowest BCUT2D eigenvalue weighted by Gasteiger charge is -2.11. The first kappa shape index (κ1) is 15.8. The van der Waals surface area contributed by atoms with E-state index in [1.807, 2.05) is 0 Å². The molecule has 0 saturated heterocycles. The maximum atomic E-state index is 12.3. The van der Waals surface area contributed by atoms with Crippen molar-refractivity contribution in [1.29, 1.82) is 0 Å². The van der Waals surface area contributed by atoms with Crippen molar-refractivity contribution < 1.29 is 18.3 Å². The third-order valence-corrected chi connectivity index (χ3v) is 4.94. The monoisotopic (exact) mass is 417 g/mol. The highest BCUT2D eigenvalue weighted by Crippen LogP contribution is 2.21. The molecule has 0 fully saturated rings. The zero-order chi connectivity index (χ0) is 15.6. The third-order valence-electron chi connectivity index (χ3n) is 2.84. The molecule has 2 N–H and O–H groups in total. The van der Waals surface area contributed by atoms with Crippen LogP contribution in [0.5, 0.6) is 0 Å². The predicted molar refractivity (Wildman–Crippen MR) is 88.1 cm³/mol. The number of halogens is 1. The van der Waals surface area contributed by atoms with Gasteiger partial charge in [0.05, 0.1) is 16.1 Å². The molecular formula is C14H12INO4S. The molecule has 0 bridgehead atoms. The molecule has 2 rings (SSSR count). The number of carboxylic acid groups (broad SMARTS) is 1. The summed E-state index contributed by atoms with van der Waals surface area (Å²) in [5.41, 5.74) is 1.02. The summed E-state index contributed by atoms with van der Waals surface area (Å²) >= 11 is 2.09. The number of aryl methyl sites for hydroxylation is 1. The van der Waals surface area contributed by atoms with Crippen molar-refractivity contribution in [2.45, 2.75) is 11.8 Å². The van der Waals surface area contributed by atoms with Gasteiger partial charge in [0.25, 0.3) is 10.0 Å². The van der Waals surface area contributed by atoms with E-state index in [-0.39, 0.29) is 10.5 Å². The molecule has 0 unspecified atom stereocenters. The van der Waals surface area contributed by atoms with Crippen molar-refractivity contribution in [3.05, 3.63) is 57.2 Å². The van der Waals surface area contributed by atoms with Crippen LogP contribution in [0.25, 0.3) is 0 Å². The third kappa shape index (κ3) is 3.73. The number of carboxylic acids is 1. The largest absolute Gasteiger partial charge is 0.478 e. The van der Waals surface area contributed by atoms with Crippen LogP contribution in [0, 0.1) is 10.5 Å². The Labute approximate surface area is 136 Å². The van der Waals surface area contributed by atoms with E-state index >= 15 is 0 Å². The normalized spacial score (nSPS) is 11.1. The molecular weight excluding hydrogens is 405 g/mol. The Morgan fingerprint density at radius 1 is 1.14 bits per heavy atom. The molecule has 7 heteroatoms. The second-order valence-electron chi connectivity index (χ2n) is 4.39. The number of hydrogen-bond acceptors (Lipinski definition) is 3. The Morgan fingerprint density at radius 3 is 2.29 bits per heavy atom. The summed E-state index contributed by atoms with van der Waals surface area (Å²) in [6, 6.07) is 10.7. The van der Waals surface area contributed by atoms with E-state index in [2.05, 4.69) is 27.3 Å². The molecule has 0 spiro atoms.